The Balaban J connectivity index is 0.00000147. The topological polar surface area (TPSA) is 6.48 Å². The molecule has 0 N–H and O–H groups in total. The fourth-order valence-corrected chi connectivity index (χ4v) is 10.5. The summed E-state index contributed by atoms with van der Waals surface area (Å²) in [5.74, 6) is 3.53. The first-order chi connectivity index (χ1) is 17.7. The summed E-state index contributed by atoms with van der Waals surface area (Å²) in [6.45, 7) is 8.17. The van der Waals surface area contributed by atoms with Crippen LogP contribution in [0.2, 0.25) is 0 Å². The number of piperazine rings is 1. The summed E-state index contributed by atoms with van der Waals surface area (Å²) < 4.78 is 0. The highest BCUT2D eigenvalue weighted by Gasteiger charge is 2.62. The van der Waals surface area contributed by atoms with Crippen LogP contribution in [0, 0.1) is 28.6 Å². The lowest BCUT2D eigenvalue weighted by Gasteiger charge is -2.66. The maximum atomic E-state index is 2.60. The lowest BCUT2D eigenvalue weighted by Crippen LogP contribution is -2.56. The largest absolute Gasteiger partial charge is 0.369 e. The maximum absolute atomic E-state index is 2.60. The van der Waals surface area contributed by atoms with Crippen LogP contribution in [0.5, 0.6) is 0 Å². The molecule has 4 heteroatoms. The molecule has 2 nitrogen and oxygen atoms in total. The molecule has 2 aromatic rings. The molecule has 1 heterocycles. The van der Waals surface area contributed by atoms with E-state index in [9.17, 15) is 0 Å². The van der Waals surface area contributed by atoms with E-state index >= 15 is 0 Å². The highest BCUT2D eigenvalue weighted by atomic mass is 35.5. The van der Waals surface area contributed by atoms with E-state index in [0.29, 0.717) is 16.7 Å². The molecule has 6 fully saturated rings. The average Bonchev–Trinajstić information content (AvgIpc) is 3.46. The summed E-state index contributed by atoms with van der Waals surface area (Å²) in [5, 5.41) is 0. The normalized spacial score (nSPS) is 33.6. The lowest BCUT2D eigenvalue weighted by molar-refractivity contribution is -0.141. The summed E-state index contributed by atoms with van der Waals surface area (Å²) in [6, 6.07) is 21.7. The number of hydrogen-bond acceptors (Lipinski definition) is 2. The molecule has 38 heavy (non-hydrogen) atoms. The minimum Gasteiger partial charge on any atom is -0.369 e. The number of benzene rings is 2. The molecule has 3 unspecified atom stereocenters. The Kier molecular flexibility index (Phi) is 8.45. The van der Waals surface area contributed by atoms with Crippen molar-refractivity contribution in [2.24, 2.45) is 28.6 Å². The fraction of sp³-hybridized carbons (Fsp3) is 0.647. The zero-order valence-electron chi connectivity index (χ0n) is 23.3. The number of likely N-dealkylation sites (N-methyl/N-ethyl adjacent to an activating group) is 1. The molecule has 0 aromatic heterocycles. The van der Waals surface area contributed by atoms with Gasteiger partial charge in [-0.05, 0) is 110 Å². The van der Waals surface area contributed by atoms with Crippen LogP contribution in [-0.2, 0) is 0 Å². The van der Waals surface area contributed by atoms with Crippen molar-refractivity contribution in [2.45, 2.75) is 77.0 Å². The standard InChI is InChI=1S/C34H46N2.2ClH/c1-2-35-16-18-36(19-17-35)31-14-12-29(13-15-31)32(28-8-4-3-5-9-28)34-23-26-20-27(24-34)22-33(21-26,25-34)30-10-6-7-11-30;;/h3-5,8-9,12-15,26-27,30,32H,2,6-7,10-11,16-25H2,1H3;2*1H. The zero-order chi connectivity index (χ0) is 24.2. The van der Waals surface area contributed by atoms with Crippen LogP contribution in [0.15, 0.2) is 54.6 Å². The van der Waals surface area contributed by atoms with E-state index in [1.807, 2.05) is 0 Å². The molecule has 208 valence electrons. The van der Waals surface area contributed by atoms with E-state index in [0.717, 1.165) is 30.8 Å². The van der Waals surface area contributed by atoms with E-state index in [-0.39, 0.29) is 24.8 Å². The number of rotatable bonds is 6. The molecule has 0 spiro atoms. The Morgan fingerprint density at radius 1 is 0.763 bits per heavy atom. The predicted octanol–water partition coefficient (Wildman–Crippen LogP) is 8.58. The molecular weight excluding hydrogens is 507 g/mol. The minimum absolute atomic E-state index is 0. The molecule has 2 aromatic carbocycles. The second-order valence-corrected chi connectivity index (χ2v) is 13.5. The quantitative estimate of drug-likeness (QED) is 0.352. The van der Waals surface area contributed by atoms with Crippen LogP contribution in [0.4, 0.5) is 5.69 Å². The Bertz CT molecular complexity index is 1030. The predicted molar refractivity (Wildman–Crippen MR) is 165 cm³/mol. The summed E-state index contributed by atoms with van der Waals surface area (Å²) in [4.78, 5) is 5.18. The van der Waals surface area contributed by atoms with E-state index in [4.69, 9.17) is 0 Å². The average molecular weight is 556 g/mol. The summed E-state index contributed by atoms with van der Waals surface area (Å²) >= 11 is 0. The zero-order valence-corrected chi connectivity index (χ0v) is 25.0. The van der Waals surface area contributed by atoms with E-state index < -0.39 is 0 Å². The first kappa shape index (κ1) is 28.3. The summed E-state index contributed by atoms with van der Waals surface area (Å²) in [7, 11) is 0. The molecule has 5 aliphatic carbocycles. The maximum Gasteiger partial charge on any atom is 0.0367 e. The van der Waals surface area contributed by atoms with Crippen molar-refractivity contribution in [3.63, 3.8) is 0 Å². The molecule has 1 saturated heterocycles. The smallest absolute Gasteiger partial charge is 0.0367 e. The number of hydrogen-bond donors (Lipinski definition) is 0. The molecule has 4 bridgehead atoms. The molecule has 6 aliphatic rings. The molecule has 3 atom stereocenters. The molecule has 1 aliphatic heterocycles. The fourth-order valence-electron chi connectivity index (χ4n) is 10.5. The van der Waals surface area contributed by atoms with Crippen molar-refractivity contribution in [3.8, 4) is 0 Å². The third-order valence-electron chi connectivity index (χ3n) is 11.5. The Morgan fingerprint density at radius 3 is 1.97 bits per heavy atom. The van der Waals surface area contributed by atoms with E-state index in [1.54, 1.807) is 24.0 Å². The van der Waals surface area contributed by atoms with Crippen LogP contribution < -0.4 is 4.90 Å². The third kappa shape index (κ3) is 4.92. The van der Waals surface area contributed by atoms with Gasteiger partial charge < -0.3 is 9.80 Å². The molecule has 0 amide bonds. The second-order valence-electron chi connectivity index (χ2n) is 13.5. The van der Waals surface area contributed by atoms with Gasteiger partial charge in [0.15, 0.2) is 0 Å². The van der Waals surface area contributed by atoms with Gasteiger partial charge in [0.2, 0.25) is 0 Å². The van der Waals surface area contributed by atoms with E-state index in [1.165, 1.54) is 76.7 Å². The van der Waals surface area contributed by atoms with Gasteiger partial charge in [0, 0.05) is 37.8 Å². The molecular formula is C34H48Cl2N2. The van der Waals surface area contributed by atoms with Crippen molar-refractivity contribution in [1.29, 1.82) is 0 Å². The number of nitrogens with zero attached hydrogens (tertiary/aromatic N) is 2. The van der Waals surface area contributed by atoms with Gasteiger partial charge in [0.1, 0.15) is 0 Å². The second kappa shape index (κ2) is 11.3. The van der Waals surface area contributed by atoms with Gasteiger partial charge >= 0.3 is 0 Å². The molecule has 0 radical (unpaired) electrons. The van der Waals surface area contributed by atoms with Crippen molar-refractivity contribution < 1.29 is 0 Å². The Labute approximate surface area is 243 Å². The molecule has 5 saturated carbocycles. The number of halogens is 2. The first-order valence-electron chi connectivity index (χ1n) is 15.3. The summed E-state index contributed by atoms with van der Waals surface area (Å²) in [5.41, 5.74) is 5.70. The third-order valence-corrected chi connectivity index (χ3v) is 11.5. The number of anilines is 1. The minimum atomic E-state index is 0. The Hall–Kier alpha value is -1.22. The van der Waals surface area contributed by atoms with Crippen molar-refractivity contribution in [2.75, 3.05) is 37.6 Å². The first-order valence-corrected chi connectivity index (χ1v) is 15.3. The van der Waals surface area contributed by atoms with Gasteiger partial charge in [-0.25, -0.2) is 0 Å². The van der Waals surface area contributed by atoms with Gasteiger partial charge in [-0.3, -0.25) is 0 Å². The highest BCUT2D eigenvalue weighted by Crippen LogP contribution is 2.72. The van der Waals surface area contributed by atoms with E-state index in [2.05, 4.69) is 71.3 Å². The van der Waals surface area contributed by atoms with Gasteiger partial charge in [0.05, 0.1) is 0 Å². The molecule has 8 rings (SSSR count). The van der Waals surface area contributed by atoms with Crippen molar-refractivity contribution in [3.05, 3.63) is 65.7 Å². The van der Waals surface area contributed by atoms with Gasteiger partial charge in [-0.2, -0.15) is 0 Å². The van der Waals surface area contributed by atoms with Crippen molar-refractivity contribution in [1.82, 2.24) is 4.90 Å². The van der Waals surface area contributed by atoms with Crippen LogP contribution in [0.3, 0.4) is 0 Å². The van der Waals surface area contributed by atoms with Gasteiger partial charge in [-0.1, -0.05) is 62.2 Å². The van der Waals surface area contributed by atoms with Crippen LogP contribution >= 0.6 is 24.8 Å². The SMILES string of the molecule is CCN1CCN(c2ccc(C(c3ccccc3)C34CC5CC(CC(C6CCCC6)(C5)C3)C4)cc2)CC1.Cl.Cl. The van der Waals surface area contributed by atoms with Gasteiger partial charge in [-0.15, -0.1) is 24.8 Å². The van der Waals surface area contributed by atoms with Crippen LogP contribution in [-0.4, -0.2) is 37.6 Å². The monoisotopic (exact) mass is 554 g/mol. The van der Waals surface area contributed by atoms with Gasteiger partial charge in [0.25, 0.3) is 0 Å². The van der Waals surface area contributed by atoms with Crippen LogP contribution in [0.25, 0.3) is 0 Å². The highest BCUT2D eigenvalue weighted by molar-refractivity contribution is 5.85. The van der Waals surface area contributed by atoms with Crippen LogP contribution in [0.1, 0.15) is 88.2 Å². The summed E-state index contributed by atoms with van der Waals surface area (Å²) in [6.07, 6.45) is 15.1. The van der Waals surface area contributed by atoms with Crippen molar-refractivity contribution >= 4 is 30.5 Å². The Morgan fingerprint density at radius 2 is 1.37 bits per heavy atom. The lowest BCUT2D eigenvalue weighted by atomic mass is 9.38.